The van der Waals surface area contributed by atoms with Gasteiger partial charge in [-0.2, -0.15) is 13.2 Å². The van der Waals surface area contributed by atoms with Crippen molar-refractivity contribution in [1.29, 1.82) is 0 Å². The van der Waals surface area contributed by atoms with E-state index in [4.69, 9.17) is 4.74 Å². The van der Waals surface area contributed by atoms with Gasteiger partial charge in [-0.1, -0.05) is 39.0 Å². The molecule has 1 aromatic heterocycles. The van der Waals surface area contributed by atoms with Crippen LogP contribution in [0.25, 0.3) is 27.7 Å². The predicted octanol–water partition coefficient (Wildman–Crippen LogP) is 5.99. The molecule has 3 heterocycles. The van der Waals surface area contributed by atoms with Crippen LogP contribution in [0.5, 0.6) is 11.5 Å². The first-order valence-electron chi connectivity index (χ1n) is 12.5. The van der Waals surface area contributed by atoms with Crippen molar-refractivity contribution in [2.24, 2.45) is 0 Å². The third-order valence-electron chi connectivity index (χ3n) is 7.64. The van der Waals surface area contributed by atoms with Crippen molar-refractivity contribution < 1.29 is 22.3 Å². The summed E-state index contributed by atoms with van der Waals surface area (Å²) in [6, 6.07) is 18.6. The molecule has 7 rings (SSSR count). The van der Waals surface area contributed by atoms with E-state index in [1.54, 1.807) is 10.7 Å². The maximum atomic E-state index is 14.4. The van der Waals surface area contributed by atoms with Crippen LogP contribution < -0.4 is 21.2 Å². The number of hydrogen-bond donors (Lipinski definition) is 0. The van der Waals surface area contributed by atoms with Gasteiger partial charge in [0.05, 0.1) is 22.2 Å². The summed E-state index contributed by atoms with van der Waals surface area (Å²) in [6.07, 6.45) is -4.44. The van der Waals surface area contributed by atoms with Crippen molar-refractivity contribution in [3.8, 4) is 28.3 Å². The first-order valence-corrected chi connectivity index (χ1v) is 12.5. The van der Waals surface area contributed by atoms with Crippen molar-refractivity contribution in [2.45, 2.75) is 32.4 Å². The Labute approximate surface area is 221 Å². The molecular formula is C30H21BF4N2O2. The minimum atomic E-state index is -4.44. The summed E-state index contributed by atoms with van der Waals surface area (Å²) < 4.78 is 63.6. The fourth-order valence-corrected chi connectivity index (χ4v) is 5.69. The number of rotatable bonds is 1. The predicted molar refractivity (Wildman–Crippen MR) is 144 cm³/mol. The summed E-state index contributed by atoms with van der Waals surface area (Å²) in [5, 5.41) is 0.541. The first kappa shape index (κ1) is 23.8. The van der Waals surface area contributed by atoms with E-state index in [9.17, 15) is 22.4 Å². The van der Waals surface area contributed by atoms with Crippen LogP contribution in [0.4, 0.5) is 17.6 Å². The molecule has 9 heteroatoms. The van der Waals surface area contributed by atoms with Crippen molar-refractivity contribution in [1.82, 2.24) is 9.27 Å². The highest BCUT2D eigenvalue weighted by molar-refractivity contribution is 6.87. The zero-order valence-corrected chi connectivity index (χ0v) is 21.2. The molecule has 0 spiro atoms. The molecule has 0 saturated heterocycles. The van der Waals surface area contributed by atoms with Gasteiger partial charge in [0.15, 0.2) is 0 Å². The Balaban J connectivity index is 1.52. The quantitative estimate of drug-likeness (QED) is 0.194. The normalized spacial score (nSPS) is 13.8. The highest BCUT2D eigenvalue weighted by Gasteiger charge is 2.44. The molecule has 0 unspecified atom stereocenters. The second-order valence-corrected chi connectivity index (χ2v) is 11.1. The molecule has 0 fully saturated rings. The number of hydrogen-bond acceptors (Lipinski definition) is 2. The Hall–Kier alpha value is -4.27. The fraction of sp³-hybridized carbons (Fsp3) is 0.167. The van der Waals surface area contributed by atoms with Gasteiger partial charge >= 0.3 is 13.0 Å². The number of fused-ring (bicyclic) bond motifs is 7. The average Bonchev–Trinajstić information content (AvgIpc) is 3.37. The zero-order chi connectivity index (χ0) is 27.4. The lowest BCUT2D eigenvalue weighted by atomic mass is 9.49. The number of benzene rings is 4. The maximum Gasteiger partial charge on any atom is 0.416 e. The molecule has 4 aromatic carbocycles. The molecule has 0 radical (unpaired) electrons. The van der Waals surface area contributed by atoms with E-state index < -0.39 is 24.4 Å². The van der Waals surface area contributed by atoms with Crippen molar-refractivity contribution in [3.05, 3.63) is 100 Å². The summed E-state index contributed by atoms with van der Waals surface area (Å²) in [5.41, 5.74) is 3.69. The highest BCUT2D eigenvalue weighted by Crippen LogP contribution is 2.38. The van der Waals surface area contributed by atoms with E-state index in [-0.39, 0.29) is 11.0 Å². The van der Waals surface area contributed by atoms with E-state index in [1.165, 1.54) is 30.3 Å². The number of aromatic nitrogens is 2. The van der Waals surface area contributed by atoms with Crippen LogP contribution in [-0.2, 0) is 11.6 Å². The van der Waals surface area contributed by atoms with Crippen molar-refractivity contribution >= 4 is 28.7 Å². The van der Waals surface area contributed by atoms with Crippen LogP contribution in [0.2, 0.25) is 0 Å². The first-order chi connectivity index (χ1) is 18.4. The molecule has 0 atom stereocenters. The molecule has 0 bridgehead atoms. The van der Waals surface area contributed by atoms with Crippen molar-refractivity contribution in [2.75, 3.05) is 0 Å². The van der Waals surface area contributed by atoms with Gasteiger partial charge in [0.2, 0.25) is 0 Å². The SMILES string of the molecule is CC(C)(C)c1ccc2c(c1)c(=O)n1n2-c2cc(-c3ccc(C(F)(F)F)cc3)cc3c2B1c1cc(F)ccc1O3. The topological polar surface area (TPSA) is 36.2 Å². The summed E-state index contributed by atoms with van der Waals surface area (Å²) >= 11 is 0. The molecule has 2 aliphatic heterocycles. The van der Waals surface area contributed by atoms with Crippen LogP contribution >= 0.6 is 0 Å². The fourth-order valence-electron chi connectivity index (χ4n) is 5.69. The molecular weight excluding hydrogens is 507 g/mol. The third kappa shape index (κ3) is 3.42. The standard InChI is InChI=1S/C30H21BF4N2O2/c1-29(2,3)19-8-10-23-21(14-19)28(38)37-31-22-15-20(32)9-11-25(22)39-26-13-17(12-24(27(26)31)36(23)37)16-4-6-18(7-5-16)30(33,34)35/h4-15H,1-3H3. The Morgan fingerprint density at radius 1 is 0.795 bits per heavy atom. The van der Waals surface area contributed by atoms with Gasteiger partial charge in [-0.05, 0) is 82.2 Å². The maximum absolute atomic E-state index is 14.4. The van der Waals surface area contributed by atoms with Crippen LogP contribution in [0.15, 0.2) is 77.6 Å². The highest BCUT2D eigenvalue weighted by atomic mass is 19.4. The minimum absolute atomic E-state index is 0.174. The summed E-state index contributed by atoms with van der Waals surface area (Å²) in [7, 11) is 0. The second kappa shape index (κ2) is 7.65. The van der Waals surface area contributed by atoms with Gasteiger partial charge in [-0.25, -0.2) is 4.39 Å². The Morgan fingerprint density at radius 2 is 1.51 bits per heavy atom. The Kier molecular flexibility index (Phi) is 4.67. The van der Waals surface area contributed by atoms with E-state index in [0.717, 1.165) is 17.7 Å². The van der Waals surface area contributed by atoms with Crippen molar-refractivity contribution in [3.63, 3.8) is 0 Å². The number of alkyl halides is 3. The molecule has 2 aliphatic rings. The Morgan fingerprint density at radius 3 is 2.21 bits per heavy atom. The van der Waals surface area contributed by atoms with Gasteiger partial charge in [0.1, 0.15) is 17.3 Å². The molecule has 0 amide bonds. The van der Waals surface area contributed by atoms with Crippen LogP contribution in [-0.4, -0.2) is 16.1 Å². The largest absolute Gasteiger partial charge is 0.458 e. The van der Waals surface area contributed by atoms with Crippen LogP contribution in [0.3, 0.4) is 0 Å². The molecule has 5 aromatic rings. The molecule has 0 N–H and O–H groups in total. The summed E-state index contributed by atoms with van der Waals surface area (Å²) in [4.78, 5) is 14.0. The van der Waals surface area contributed by atoms with Gasteiger partial charge in [-0.15, -0.1) is 0 Å². The molecule has 4 nitrogen and oxygen atoms in total. The molecule has 39 heavy (non-hydrogen) atoms. The van der Waals surface area contributed by atoms with Gasteiger partial charge in [0.25, 0.3) is 5.56 Å². The van der Waals surface area contributed by atoms with Gasteiger partial charge in [0, 0.05) is 5.46 Å². The lowest BCUT2D eigenvalue weighted by Gasteiger charge is -2.23. The Bertz CT molecular complexity index is 1900. The summed E-state index contributed by atoms with van der Waals surface area (Å²) in [6.45, 7) is 5.61. The monoisotopic (exact) mass is 528 g/mol. The van der Waals surface area contributed by atoms with E-state index in [1.807, 2.05) is 28.9 Å². The second-order valence-electron chi connectivity index (χ2n) is 11.1. The zero-order valence-electron chi connectivity index (χ0n) is 21.2. The lowest BCUT2D eigenvalue weighted by molar-refractivity contribution is -0.137. The van der Waals surface area contributed by atoms with E-state index >= 15 is 0 Å². The molecule has 194 valence electrons. The average molecular weight is 528 g/mol. The van der Waals surface area contributed by atoms with Crippen LogP contribution in [0, 0.1) is 5.82 Å². The summed E-state index contributed by atoms with van der Waals surface area (Å²) in [5.74, 6) is 0.452. The number of nitrogens with zero attached hydrogens (tertiary/aromatic N) is 2. The van der Waals surface area contributed by atoms with Gasteiger partial charge in [-0.3, -0.25) is 14.1 Å². The number of ether oxygens (including phenoxy) is 1. The molecule has 0 aliphatic carbocycles. The minimum Gasteiger partial charge on any atom is -0.458 e. The smallest absolute Gasteiger partial charge is 0.416 e. The molecule has 0 saturated carbocycles. The van der Waals surface area contributed by atoms with E-state index in [2.05, 4.69) is 20.8 Å². The lowest BCUT2D eigenvalue weighted by Crippen LogP contribution is -2.52. The van der Waals surface area contributed by atoms with Gasteiger partial charge < -0.3 is 4.74 Å². The van der Waals surface area contributed by atoms with Crippen LogP contribution in [0.1, 0.15) is 31.9 Å². The third-order valence-corrected chi connectivity index (χ3v) is 7.64. The number of halogens is 4. The van der Waals surface area contributed by atoms with E-state index in [0.29, 0.717) is 50.1 Å².